The van der Waals surface area contributed by atoms with Gasteiger partial charge >= 0.3 is 17.8 Å². The lowest BCUT2D eigenvalue weighted by molar-refractivity contribution is -0.207. The standard InChI is InChI=1S/C15H19F3N2O3/c1-4-12(21)20-14(15(16,17)18,13(22)23-5-2)19-11-8-6-7-10(3)9-11/h6-9,19H,4-5H2,1-3H3,(H,20,21)/t14-/m0/s1. The number of alkyl halides is 3. The molecule has 5 nitrogen and oxygen atoms in total. The molecule has 2 N–H and O–H groups in total. The number of carbonyl (C=O) groups excluding carboxylic acids is 2. The number of nitrogens with one attached hydrogen (secondary N) is 2. The summed E-state index contributed by atoms with van der Waals surface area (Å²) in [7, 11) is 0. The number of hydrogen-bond donors (Lipinski definition) is 2. The molecule has 1 rings (SSSR count). The highest BCUT2D eigenvalue weighted by atomic mass is 19.4. The van der Waals surface area contributed by atoms with Crippen molar-refractivity contribution < 1.29 is 27.5 Å². The zero-order valence-corrected chi connectivity index (χ0v) is 13.1. The van der Waals surface area contributed by atoms with E-state index in [1.165, 1.54) is 32.0 Å². The van der Waals surface area contributed by atoms with Crippen molar-refractivity contribution >= 4 is 17.6 Å². The Morgan fingerprint density at radius 3 is 2.35 bits per heavy atom. The molecule has 8 heteroatoms. The zero-order valence-electron chi connectivity index (χ0n) is 13.1. The van der Waals surface area contributed by atoms with E-state index in [-0.39, 0.29) is 18.7 Å². The molecule has 0 radical (unpaired) electrons. The average molecular weight is 332 g/mol. The van der Waals surface area contributed by atoms with Crippen LogP contribution in [0.1, 0.15) is 25.8 Å². The first kappa shape index (κ1) is 18.8. The Morgan fingerprint density at radius 2 is 1.87 bits per heavy atom. The van der Waals surface area contributed by atoms with Crippen molar-refractivity contribution in [1.82, 2.24) is 5.32 Å². The van der Waals surface area contributed by atoms with E-state index in [0.29, 0.717) is 5.56 Å². The normalized spacial score (nSPS) is 13.8. The molecular weight excluding hydrogens is 313 g/mol. The van der Waals surface area contributed by atoms with Crippen LogP contribution in [0.5, 0.6) is 0 Å². The first-order valence-electron chi connectivity index (χ1n) is 7.06. The Labute approximate surface area is 132 Å². The smallest absolute Gasteiger partial charge is 0.441 e. The van der Waals surface area contributed by atoms with Gasteiger partial charge in [0.25, 0.3) is 0 Å². The van der Waals surface area contributed by atoms with Crippen LogP contribution in [0.2, 0.25) is 0 Å². The largest absolute Gasteiger partial charge is 0.463 e. The number of halogens is 3. The van der Waals surface area contributed by atoms with Gasteiger partial charge in [0, 0.05) is 12.1 Å². The summed E-state index contributed by atoms with van der Waals surface area (Å²) in [6.07, 6.45) is -5.32. The van der Waals surface area contributed by atoms with Crippen LogP contribution >= 0.6 is 0 Å². The second-order valence-corrected chi connectivity index (χ2v) is 4.86. The van der Waals surface area contributed by atoms with Crippen molar-refractivity contribution in [2.75, 3.05) is 11.9 Å². The molecular formula is C15H19F3N2O3. The fourth-order valence-corrected chi connectivity index (χ4v) is 1.87. The molecule has 23 heavy (non-hydrogen) atoms. The van der Waals surface area contributed by atoms with Gasteiger partial charge in [0.2, 0.25) is 5.91 Å². The number of hydrogen-bond acceptors (Lipinski definition) is 4. The van der Waals surface area contributed by atoms with E-state index in [2.05, 4.69) is 10.1 Å². The Kier molecular flexibility index (Phi) is 6.00. The quantitative estimate of drug-likeness (QED) is 0.621. The van der Waals surface area contributed by atoms with Crippen LogP contribution in [-0.2, 0) is 14.3 Å². The fourth-order valence-electron chi connectivity index (χ4n) is 1.87. The third kappa shape index (κ3) is 4.37. The van der Waals surface area contributed by atoms with Gasteiger partial charge in [-0.25, -0.2) is 4.79 Å². The van der Waals surface area contributed by atoms with E-state index < -0.39 is 23.7 Å². The molecule has 0 unspecified atom stereocenters. The van der Waals surface area contributed by atoms with Crippen LogP contribution in [0.15, 0.2) is 24.3 Å². The maximum Gasteiger partial charge on any atom is 0.441 e. The lowest BCUT2D eigenvalue weighted by atomic mass is 10.1. The van der Waals surface area contributed by atoms with Crippen molar-refractivity contribution in [3.8, 4) is 0 Å². The molecule has 0 bridgehead atoms. The van der Waals surface area contributed by atoms with E-state index in [9.17, 15) is 22.8 Å². The first-order chi connectivity index (χ1) is 10.7. The second-order valence-electron chi connectivity index (χ2n) is 4.86. The van der Waals surface area contributed by atoms with E-state index in [4.69, 9.17) is 0 Å². The van der Waals surface area contributed by atoms with Gasteiger partial charge in [0.05, 0.1) is 6.61 Å². The highest BCUT2D eigenvalue weighted by molar-refractivity contribution is 5.91. The molecule has 0 spiro atoms. The molecule has 0 heterocycles. The number of anilines is 1. The van der Waals surface area contributed by atoms with E-state index >= 15 is 0 Å². The fraction of sp³-hybridized carbons (Fsp3) is 0.467. The van der Waals surface area contributed by atoms with Gasteiger partial charge in [-0.1, -0.05) is 19.1 Å². The molecule has 1 amide bonds. The van der Waals surface area contributed by atoms with Gasteiger partial charge in [-0.3, -0.25) is 4.79 Å². The van der Waals surface area contributed by atoms with Gasteiger partial charge in [-0.2, -0.15) is 13.2 Å². The first-order valence-corrected chi connectivity index (χ1v) is 7.06. The average Bonchev–Trinajstić information content (AvgIpc) is 2.45. The topological polar surface area (TPSA) is 67.4 Å². The van der Waals surface area contributed by atoms with Gasteiger partial charge in [0.15, 0.2) is 0 Å². The van der Waals surface area contributed by atoms with Gasteiger partial charge in [-0.15, -0.1) is 0 Å². The van der Waals surface area contributed by atoms with Gasteiger partial charge in [-0.05, 0) is 31.5 Å². The predicted molar refractivity (Wildman–Crippen MR) is 78.7 cm³/mol. The van der Waals surface area contributed by atoms with E-state index in [1.807, 2.05) is 0 Å². The van der Waals surface area contributed by atoms with Crippen molar-refractivity contribution in [2.24, 2.45) is 0 Å². The monoisotopic (exact) mass is 332 g/mol. The van der Waals surface area contributed by atoms with Crippen molar-refractivity contribution in [2.45, 2.75) is 39.0 Å². The lowest BCUT2D eigenvalue weighted by Gasteiger charge is -2.35. The predicted octanol–water partition coefficient (Wildman–Crippen LogP) is 2.75. The van der Waals surface area contributed by atoms with Crippen LogP contribution < -0.4 is 10.6 Å². The molecule has 0 aliphatic heterocycles. The summed E-state index contributed by atoms with van der Waals surface area (Å²) in [6.45, 7) is 4.20. The molecule has 1 atom stereocenters. The maximum atomic E-state index is 13.7. The number of esters is 1. The van der Waals surface area contributed by atoms with Gasteiger partial charge < -0.3 is 15.4 Å². The minimum atomic E-state index is -5.10. The highest BCUT2D eigenvalue weighted by Crippen LogP contribution is 2.33. The van der Waals surface area contributed by atoms with E-state index in [0.717, 1.165) is 0 Å². The summed E-state index contributed by atoms with van der Waals surface area (Å²) >= 11 is 0. The molecule has 0 saturated heterocycles. The Balaban J connectivity index is 3.36. The number of ether oxygens (including phenoxy) is 1. The Bertz CT molecular complexity index is 575. The number of carbonyl (C=O) groups is 2. The molecule has 0 saturated carbocycles. The summed E-state index contributed by atoms with van der Waals surface area (Å²) in [6, 6.07) is 6.02. The van der Waals surface area contributed by atoms with Crippen LogP contribution in [0.3, 0.4) is 0 Å². The highest BCUT2D eigenvalue weighted by Gasteiger charge is 2.63. The van der Waals surface area contributed by atoms with Crippen molar-refractivity contribution in [1.29, 1.82) is 0 Å². The SMILES string of the molecule is CCOC(=O)[C@@](NC(=O)CC)(Nc1cccc(C)c1)C(F)(F)F. The Hall–Kier alpha value is -2.25. The summed E-state index contributed by atoms with van der Waals surface area (Å²) in [5, 5.41) is 3.81. The molecule has 0 aliphatic carbocycles. The van der Waals surface area contributed by atoms with Gasteiger partial charge in [0.1, 0.15) is 0 Å². The molecule has 1 aromatic rings. The Morgan fingerprint density at radius 1 is 1.22 bits per heavy atom. The van der Waals surface area contributed by atoms with Crippen LogP contribution in [0, 0.1) is 6.92 Å². The lowest BCUT2D eigenvalue weighted by Crippen LogP contribution is -2.69. The number of benzene rings is 1. The van der Waals surface area contributed by atoms with Crippen LogP contribution in [-0.4, -0.2) is 30.3 Å². The third-order valence-corrected chi connectivity index (χ3v) is 3.00. The summed E-state index contributed by atoms with van der Waals surface area (Å²) in [4.78, 5) is 23.6. The minimum Gasteiger partial charge on any atom is -0.463 e. The third-order valence-electron chi connectivity index (χ3n) is 3.00. The summed E-state index contributed by atoms with van der Waals surface area (Å²) in [5.41, 5.74) is -2.62. The minimum absolute atomic E-state index is 0.0341. The maximum absolute atomic E-state index is 13.7. The summed E-state index contributed by atoms with van der Waals surface area (Å²) in [5.74, 6) is -2.55. The van der Waals surface area contributed by atoms with Crippen molar-refractivity contribution in [3.05, 3.63) is 29.8 Å². The van der Waals surface area contributed by atoms with E-state index in [1.54, 1.807) is 18.3 Å². The second kappa shape index (κ2) is 7.34. The molecule has 0 aromatic heterocycles. The number of rotatable bonds is 6. The summed E-state index contributed by atoms with van der Waals surface area (Å²) < 4.78 is 45.5. The zero-order chi connectivity index (χ0) is 17.7. The number of amides is 1. The van der Waals surface area contributed by atoms with Crippen LogP contribution in [0.4, 0.5) is 18.9 Å². The molecule has 0 aliphatic rings. The molecule has 128 valence electrons. The molecule has 1 aromatic carbocycles. The van der Waals surface area contributed by atoms with Crippen LogP contribution in [0.25, 0.3) is 0 Å². The van der Waals surface area contributed by atoms with Crippen molar-refractivity contribution in [3.63, 3.8) is 0 Å². The number of aryl methyl sites for hydroxylation is 1. The molecule has 0 fully saturated rings.